The van der Waals surface area contributed by atoms with Crippen molar-refractivity contribution in [3.63, 3.8) is 0 Å². The molecule has 2 saturated heterocycles. The maximum Gasteiger partial charge on any atom is 0.0729 e. The fourth-order valence-corrected chi connectivity index (χ4v) is 3.92. The normalized spacial score (nSPS) is 26.9. The van der Waals surface area contributed by atoms with Gasteiger partial charge in [0.1, 0.15) is 0 Å². The average Bonchev–Trinajstić information content (AvgIpc) is 2.52. The molecule has 0 bridgehead atoms. The zero-order valence-electron chi connectivity index (χ0n) is 13.7. The van der Waals surface area contributed by atoms with E-state index in [1.165, 1.54) is 38.5 Å². The number of rotatable bonds is 8. The van der Waals surface area contributed by atoms with Gasteiger partial charge in [0.05, 0.1) is 5.60 Å². The molecule has 0 aromatic carbocycles. The Hall–Kier alpha value is -0.160. The van der Waals surface area contributed by atoms with Crippen LogP contribution in [-0.4, -0.2) is 31.5 Å². The Morgan fingerprint density at radius 3 is 2.62 bits per heavy atom. The number of unbranched alkanes of at least 4 members (excludes halogenated alkanes) is 4. The topological polar surface area (TPSA) is 56.5 Å². The largest absolute Gasteiger partial charge is 0.381 e. The van der Waals surface area contributed by atoms with Crippen LogP contribution >= 0.6 is 0 Å². The Morgan fingerprint density at radius 1 is 1.14 bits per heavy atom. The van der Waals surface area contributed by atoms with Crippen LogP contribution in [0.15, 0.2) is 0 Å². The fraction of sp³-hybridized carbons (Fsp3) is 1.00. The molecule has 124 valence electrons. The highest BCUT2D eigenvalue weighted by Crippen LogP contribution is 2.38. The van der Waals surface area contributed by atoms with Crippen LogP contribution in [0.2, 0.25) is 0 Å². The minimum atomic E-state index is 0.0818. The molecule has 2 unspecified atom stereocenters. The second-order valence-electron chi connectivity index (χ2n) is 6.87. The molecule has 2 heterocycles. The molecular weight excluding hydrogens is 264 g/mol. The number of hydrogen-bond donors (Lipinski definition) is 2. The first kappa shape index (κ1) is 17.2. The summed E-state index contributed by atoms with van der Waals surface area (Å²) in [5.41, 5.74) is 3.18. The molecule has 4 nitrogen and oxygen atoms in total. The minimum absolute atomic E-state index is 0.0818. The second kappa shape index (κ2) is 9.09. The van der Waals surface area contributed by atoms with Crippen molar-refractivity contribution in [2.45, 2.75) is 82.8 Å². The van der Waals surface area contributed by atoms with E-state index in [4.69, 9.17) is 15.3 Å². The van der Waals surface area contributed by atoms with Crippen molar-refractivity contribution in [1.82, 2.24) is 5.43 Å². The zero-order valence-corrected chi connectivity index (χ0v) is 13.7. The van der Waals surface area contributed by atoms with Crippen molar-refractivity contribution >= 4 is 0 Å². The Kier molecular flexibility index (Phi) is 7.44. The van der Waals surface area contributed by atoms with Crippen LogP contribution in [0.1, 0.15) is 71.1 Å². The highest BCUT2D eigenvalue weighted by molar-refractivity contribution is 4.92. The Morgan fingerprint density at radius 2 is 1.90 bits per heavy atom. The first-order valence-electron chi connectivity index (χ1n) is 8.97. The van der Waals surface area contributed by atoms with Gasteiger partial charge >= 0.3 is 0 Å². The van der Waals surface area contributed by atoms with E-state index in [-0.39, 0.29) is 5.60 Å². The number of nitrogens with one attached hydrogen (secondary N) is 1. The molecule has 2 aliphatic rings. The van der Waals surface area contributed by atoms with E-state index in [9.17, 15) is 0 Å². The van der Waals surface area contributed by atoms with Crippen molar-refractivity contribution in [3.8, 4) is 0 Å². The van der Waals surface area contributed by atoms with Crippen LogP contribution < -0.4 is 11.3 Å². The summed E-state index contributed by atoms with van der Waals surface area (Å²) >= 11 is 0. The number of hydrazine groups is 1. The standard InChI is InChI=1S/C17H34N2O2/c1-2-3-4-5-6-7-16(19-18)15-8-11-21-17(14-15)9-12-20-13-10-17/h15-16,19H,2-14,18H2,1H3. The van der Waals surface area contributed by atoms with Crippen LogP contribution in [0, 0.1) is 5.92 Å². The molecule has 0 radical (unpaired) electrons. The van der Waals surface area contributed by atoms with Gasteiger partial charge in [0.2, 0.25) is 0 Å². The third-order valence-corrected chi connectivity index (χ3v) is 5.34. The number of nitrogens with two attached hydrogens (primary N) is 1. The van der Waals surface area contributed by atoms with E-state index in [0.29, 0.717) is 12.0 Å². The molecule has 0 aliphatic carbocycles. The van der Waals surface area contributed by atoms with Gasteiger partial charge in [0, 0.05) is 25.9 Å². The molecule has 0 aromatic heterocycles. The van der Waals surface area contributed by atoms with Gasteiger partial charge in [0.15, 0.2) is 0 Å². The van der Waals surface area contributed by atoms with Gasteiger partial charge in [-0.2, -0.15) is 0 Å². The van der Waals surface area contributed by atoms with Crippen molar-refractivity contribution in [2.24, 2.45) is 11.8 Å². The maximum absolute atomic E-state index is 6.14. The molecule has 4 heteroatoms. The van der Waals surface area contributed by atoms with E-state index in [2.05, 4.69) is 12.3 Å². The van der Waals surface area contributed by atoms with Crippen molar-refractivity contribution in [1.29, 1.82) is 0 Å². The molecule has 21 heavy (non-hydrogen) atoms. The van der Waals surface area contributed by atoms with Gasteiger partial charge < -0.3 is 9.47 Å². The van der Waals surface area contributed by atoms with Gasteiger partial charge in [-0.1, -0.05) is 39.0 Å². The van der Waals surface area contributed by atoms with Crippen LogP contribution in [0.3, 0.4) is 0 Å². The Balaban J connectivity index is 1.77. The van der Waals surface area contributed by atoms with Crippen LogP contribution in [-0.2, 0) is 9.47 Å². The van der Waals surface area contributed by atoms with E-state index >= 15 is 0 Å². The summed E-state index contributed by atoms with van der Waals surface area (Å²) in [5, 5.41) is 0. The fourth-order valence-electron chi connectivity index (χ4n) is 3.92. The molecule has 2 aliphatic heterocycles. The third-order valence-electron chi connectivity index (χ3n) is 5.34. The van der Waals surface area contributed by atoms with Gasteiger partial charge in [-0.15, -0.1) is 0 Å². The lowest BCUT2D eigenvalue weighted by atomic mass is 9.77. The lowest BCUT2D eigenvalue weighted by Crippen LogP contribution is -2.50. The molecule has 0 amide bonds. The quantitative estimate of drug-likeness (QED) is 0.410. The van der Waals surface area contributed by atoms with Crippen molar-refractivity contribution in [3.05, 3.63) is 0 Å². The first-order chi connectivity index (χ1) is 10.3. The second-order valence-corrected chi connectivity index (χ2v) is 6.87. The van der Waals surface area contributed by atoms with Crippen molar-refractivity contribution in [2.75, 3.05) is 19.8 Å². The average molecular weight is 298 g/mol. The lowest BCUT2D eigenvalue weighted by molar-refractivity contribution is -0.150. The molecule has 2 fully saturated rings. The highest BCUT2D eigenvalue weighted by atomic mass is 16.5. The maximum atomic E-state index is 6.14. The van der Waals surface area contributed by atoms with E-state index in [1.807, 2.05) is 0 Å². The van der Waals surface area contributed by atoms with Crippen LogP contribution in [0.25, 0.3) is 0 Å². The zero-order chi connectivity index (χ0) is 15.0. The summed E-state index contributed by atoms with van der Waals surface area (Å²) in [6.07, 6.45) is 12.3. The number of hydrogen-bond acceptors (Lipinski definition) is 4. The first-order valence-corrected chi connectivity index (χ1v) is 8.97. The highest BCUT2D eigenvalue weighted by Gasteiger charge is 2.40. The predicted molar refractivity (Wildman–Crippen MR) is 85.9 cm³/mol. The van der Waals surface area contributed by atoms with Crippen LogP contribution in [0.5, 0.6) is 0 Å². The van der Waals surface area contributed by atoms with Gasteiger partial charge in [0.25, 0.3) is 0 Å². The Labute approximate surface area is 130 Å². The molecular formula is C17H34N2O2. The molecule has 2 rings (SSSR count). The monoisotopic (exact) mass is 298 g/mol. The summed E-state index contributed by atoms with van der Waals surface area (Å²) in [7, 11) is 0. The number of ether oxygens (including phenoxy) is 2. The smallest absolute Gasteiger partial charge is 0.0729 e. The lowest BCUT2D eigenvalue weighted by Gasteiger charge is -2.45. The third kappa shape index (κ3) is 5.20. The van der Waals surface area contributed by atoms with Crippen LogP contribution in [0.4, 0.5) is 0 Å². The summed E-state index contributed by atoms with van der Waals surface area (Å²) in [5.74, 6) is 6.51. The summed E-state index contributed by atoms with van der Waals surface area (Å²) in [4.78, 5) is 0. The minimum Gasteiger partial charge on any atom is -0.381 e. The van der Waals surface area contributed by atoms with E-state index in [1.54, 1.807) is 0 Å². The SMILES string of the molecule is CCCCCCCC(NN)C1CCOC2(CCOCC2)C1. The summed E-state index contributed by atoms with van der Waals surface area (Å²) in [6, 6.07) is 0.454. The van der Waals surface area contributed by atoms with E-state index in [0.717, 1.165) is 45.5 Å². The Bertz CT molecular complexity index is 274. The van der Waals surface area contributed by atoms with E-state index < -0.39 is 0 Å². The summed E-state index contributed by atoms with van der Waals surface area (Å²) in [6.45, 7) is 4.85. The molecule has 1 spiro atoms. The van der Waals surface area contributed by atoms with Crippen molar-refractivity contribution < 1.29 is 9.47 Å². The van der Waals surface area contributed by atoms with Gasteiger partial charge in [-0.3, -0.25) is 11.3 Å². The predicted octanol–water partition coefficient (Wildman–Crippen LogP) is 3.15. The summed E-state index contributed by atoms with van der Waals surface area (Å²) < 4.78 is 11.6. The molecule has 0 saturated carbocycles. The molecule has 0 aromatic rings. The molecule has 2 atom stereocenters. The van der Waals surface area contributed by atoms with Gasteiger partial charge in [-0.25, -0.2) is 0 Å². The molecule has 3 N–H and O–H groups in total. The van der Waals surface area contributed by atoms with Gasteiger partial charge in [-0.05, 0) is 38.0 Å².